The van der Waals surface area contributed by atoms with Crippen molar-refractivity contribution in [2.75, 3.05) is 17.3 Å². The van der Waals surface area contributed by atoms with Gasteiger partial charge in [0.2, 0.25) is 5.91 Å². The van der Waals surface area contributed by atoms with E-state index in [1.165, 1.54) is 16.7 Å². The summed E-state index contributed by atoms with van der Waals surface area (Å²) in [6.07, 6.45) is 0.140. The van der Waals surface area contributed by atoms with Gasteiger partial charge in [0.1, 0.15) is 17.1 Å². The molecule has 2 aliphatic heterocycles. The first-order chi connectivity index (χ1) is 13.4. The standard InChI is InChI=1S/C18H18N2O6S2/c21-12(6-10-4-2-1-3-5-10)19-14-16(24)20-15(18(25)26)11(8-28-17(14)20)7-27-9-13(22)23/h1-5,14,17H,6-9H2,(H,19,21)(H,22,23)(H,25,26)/t14-,17-/m1/s1. The van der Waals surface area contributed by atoms with Gasteiger partial charge in [-0.3, -0.25) is 19.3 Å². The number of rotatable bonds is 8. The number of benzene rings is 1. The molecule has 1 aromatic carbocycles. The highest BCUT2D eigenvalue weighted by molar-refractivity contribution is 8.01. The molecule has 0 spiro atoms. The molecule has 2 amide bonds. The molecular formula is C18H18N2O6S2. The Morgan fingerprint density at radius 1 is 1.21 bits per heavy atom. The van der Waals surface area contributed by atoms with E-state index in [0.717, 1.165) is 17.3 Å². The second kappa shape index (κ2) is 8.70. The summed E-state index contributed by atoms with van der Waals surface area (Å²) in [5.74, 6) is -2.51. The van der Waals surface area contributed by atoms with Crippen molar-refractivity contribution in [3.05, 3.63) is 47.2 Å². The van der Waals surface area contributed by atoms with E-state index >= 15 is 0 Å². The van der Waals surface area contributed by atoms with Gasteiger partial charge in [-0.1, -0.05) is 30.3 Å². The van der Waals surface area contributed by atoms with Crippen LogP contribution in [0.2, 0.25) is 0 Å². The monoisotopic (exact) mass is 422 g/mol. The van der Waals surface area contributed by atoms with Crippen molar-refractivity contribution in [2.24, 2.45) is 0 Å². The summed E-state index contributed by atoms with van der Waals surface area (Å²) in [7, 11) is 0. The Morgan fingerprint density at radius 2 is 1.93 bits per heavy atom. The zero-order valence-electron chi connectivity index (χ0n) is 14.7. The second-order valence-electron chi connectivity index (χ2n) is 6.26. The Morgan fingerprint density at radius 3 is 2.57 bits per heavy atom. The normalized spacial score (nSPS) is 21.0. The van der Waals surface area contributed by atoms with E-state index in [1.807, 2.05) is 30.3 Å². The van der Waals surface area contributed by atoms with Crippen LogP contribution in [-0.2, 0) is 25.6 Å². The number of hydrogen-bond acceptors (Lipinski definition) is 6. The fourth-order valence-corrected chi connectivity index (χ4v) is 5.30. The molecule has 3 rings (SSSR count). The van der Waals surface area contributed by atoms with E-state index < -0.39 is 29.3 Å². The third-order valence-electron chi connectivity index (χ3n) is 4.28. The number of carboxylic acids is 2. The predicted molar refractivity (Wildman–Crippen MR) is 105 cm³/mol. The molecule has 0 aliphatic carbocycles. The highest BCUT2D eigenvalue weighted by Crippen LogP contribution is 2.41. The number of hydrogen-bond donors (Lipinski definition) is 3. The number of thioether (sulfide) groups is 2. The summed E-state index contributed by atoms with van der Waals surface area (Å²) >= 11 is 2.46. The molecule has 1 saturated heterocycles. The number of amides is 2. The average molecular weight is 422 g/mol. The summed E-state index contributed by atoms with van der Waals surface area (Å²) in [5.41, 5.74) is 1.24. The quantitative estimate of drug-likeness (QED) is 0.525. The van der Waals surface area contributed by atoms with Crippen LogP contribution in [0.15, 0.2) is 41.6 Å². The SMILES string of the molecule is O=C(O)CSCC1=C(C(=O)O)N2C(=O)[C@@H](NC(=O)Cc3ccccc3)[C@H]2SC1. The lowest BCUT2D eigenvalue weighted by atomic mass is 10.0. The number of carbonyl (C=O) groups excluding carboxylic acids is 2. The van der Waals surface area contributed by atoms with Crippen LogP contribution in [0.3, 0.4) is 0 Å². The predicted octanol–water partition coefficient (Wildman–Crippen LogP) is 0.786. The zero-order chi connectivity index (χ0) is 20.3. The minimum atomic E-state index is -1.22. The van der Waals surface area contributed by atoms with Crippen molar-refractivity contribution < 1.29 is 29.4 Å². The van der Waals surface area contributed by atoms with Gasteiger partial charge in [0.25, 0.3) is 5.91 Å². The maximum absolute atomic E-state index is 12.5. The molecule has 0 radical (unpaired) electrons. The van der Waals surface area contributed by atoms with Crippen LogP contribution in [0.1, 0.15) is 5.56 Å². The first kappa shape index (κ1) is 20.3. The topological polar surface area (TPSA) is 124 Å². The largest absolute Gasteiger partial charge is 0.481 e. The smallest absolute Gasteiger partial charge is 0.352 e. The molecule has 1 fully saturated rings. The summed E-state index contributed by atoms with van der Waals surface area (Å²) in [4.78, 5) is 48.3. The fourth-order valence-electron chi connectivity index (χ4n) is 3.06. The van der Waals surface area contributed by atoms with Crippen molar-refractivity contribution in [1.82, 2.24) is 10.2 Å². The number of carboxylic acid groups (broad SMARTS) is 2. The van der Waals surface area contributed by atoms with Gasteiger partial charge >= 0.3 is 11.9 Å². The Kier molecular flexibility index (Phi) is 6.30. The number of nitrogens with zero attached hydrogens (tertiary/aromatic N) is 1. The Hall–Kier alpha value is -2.46. The molecule has 8 nitrogen and oxygen atoms in total. The molecule has 0 unspecified atom stereocenters. The first-order valence-electron chi connectivity index (χ1n) is 8.41. The summed E-state index contributed by atoms with van der Waals surface area (Å²) < 4.78 is 0. The van der Waals surface area contributed by atoms with E-state index in [-0.39, 0.29) is 29.5 Å². The molecular weight excluding hydrogens is 404 g/mol. The van der Waals surface area contributed by atoms with Crippen LogP contribution >= 0.6 is 23.5 Å². The second-order valence-corrected chi connectivity index (χ2v) is 8.35. The van der Waals surface area contributed by atoms with Crippen molar-refractivity contribution in [1.29, 1.82) is 0 Å². The molecule has 28 heavy (non-hydrogen) atoms. The number of carbonyl (C=O) groups is 4. The molecule has 0 aromatic heterocycles. The van der Waals surface area contributed by atoms with Gasteiger partial charge in [0.05, 0.1) is 12.2 Å². The van der Waals surface area contributed by atoms with Gasteiger partial charge in [0, 0.05) is 11.5 Å². The Labute approximate surface area is 169 Å². The molecule has 3 N–H and O–H groups in total. The van der Waals surface area contributed by atoms with Crippen LogP contribution in [0.4, 0.5) is 0 Å². The summed E-state index contributed by atoms with van der Waals surface area (Å²) in [6, 6.07) is 8.36. The lowest BCUT2D eigenvalue weighted by Gasteiger charge is -2.49. The fraction of sp³-hybridized carbons (Fsp3) is 0.333. The van der Waals surface area contributed by atoms with Crippen molar-refractivity contribution in [2.45, 2.75) is 17.8 Å². The van der Waals surface area contributed by atoms with Gasteiger partial charge in [0.15, 0.2) is 0 Å². The lowest BCUT2D eigenvalue weighted by molar-refractivity contribution is -0.150. The van der Waals surface area contributed by atoms with Gasteiger partial charge in [-0.05, 0) is 11.1 Å². The van der Waals surface area contributed by atoms with Crippen molar-refractivity contribution in [3.63, 3.8) is 0 Å². The molecule has 10 heteroatoms. The van der Waals surface area contributed by atoms with Crippen LogP contribution in [-0.4, -0.2) is 67.5 Å². The van der Waals surface area contributed by atoms with Gasteiger partial charge < -0.3 is 15.5 Å². The maximum atomic E-state index is 12.5. The molecule has 0 saturated carbocycles. The first-order valence-corrected chi connectivity index (χ1v) is 10.6. The summed E-state index contributed by atoms with van der Waals surface area (Å²) in [5, 5.41) is 20.5. The van der Waals surface area contributed by atoms with Crippen molar-refractivity contribution in [3.8, 4) is 0 Å². The number of fused-ring (bicyclic) bond motifs is 1. The van der Waals surface area contributed by atoms with Crippen LogP contribution in [0.25, 0.3) is 0 Å². The maximum Gasteiger partial charge on any atom is 0.352 e. The highest BCUT2D eigenvalue weighted by atomic mass is 32.2. The van der Waals surface area contributed by atoms with E-state index in [4.69, 9.17) is 5.11 Å². The molecule has 2 atom stereocenters. The minimum absolute atomic E-state index is 0.0970. The number of nitrogens with one attached hydrogen (secondary N) is 1. The van der Waals surface area contributed by atoms with Gasteiger partial charge in [-0.15, -0.1) is 23.5 Å². The highest BCUT2D eigenvalue weighted by Gasteiger charge is 2.54. The van der Waals surface area contributed by atoms with Crippen LogP contribution in [0, 0.1) is 0 Å². The van der Waals surface area contributed by atoms with E-state index in [9.17, 15) is 24.3 Å². The average Bonchev–Trinajstić information content (AvgIpc) is 2.66. The van der Waals surface area contributed by atoms with Gasteiger partial charge in [-0.25, -0.2) is 4.79 Å². The van der Waals surface area contributed by atoms with Gasteiger partial charge in [-0.2, -0.15) is 0 Å². The number of aliphatic carboxylic acids is 2. The van der Waals surface area contributed by atoms with E-state index in [2.05, 4.69) is 5.32 Å². The number of β-lactam (4-membered cyclic amide) rings is 1. The van der Waals surface area contributed by atoms with Crippen LogP contribution < -0.4 is 5.32 Å². The Bertz CT molecular complexity index is 842. The molecule has 1 aromatic rings. The molecule has 2 aliphatic rings. The van der Waals surface area contributed by atoms with E-state index in [1.54, 1.807) is 0 Å². The third-order valence-corrected chi connectivity index (χ3v) is 6.62. The molecule has 0 bridgehead atoms. The third kappa shape index (κ3) is 4.33. The molecule has 148 valence electrons. The Balaban J connectivity index is 1.66. The minimum Gasteiger partial charge on any atom is -0.481 e. The van der Waals surface area contributed by atoms with E-state index in [0.29, 0.717) is 11.3 Å². The zero-order valence-corrected chi connectivity index (χ0v) is 16.3. The summed E-state index contributed by atoms with van der Waals surface area (Å²) in [6.45, 7) is 0. The molecule has 2 heterocycles. The lowest BCUT2D eigenvalue weighted by Crippen LogP contribution is -2.70. The van der Waals surface area contributed by atoms with Crippen LogP contribution in [0.5, 0.6) is 0 Å². The van der Waals surface area contributed by atoms with Crippen molar-refractivity contribution >= 4 is 47.3 Å².